The van der Waals surface area contributed by atoms with E-state index in [1.165, 1.54) is 0 Å². The fourth-order valence-electron chi connectivity index (χ4n) is 3.47. The second kappa shape index (κ2) is 10.1. The van der Waals surface area contributed by atoms with Crippen LogP contribution in [-0.4, -0.2) is 28.1 Å². The number of hydrogen-bond acceptors (Lipinski definition) is 3. The lowest BCUT2D eigenvalue weighted by Gasteiger charge is -2.10. The molecule has 2 N–H and O–H groups in total. The van der Waals surface area contributed by atoms with Crippen LogP contribution >= 0.6 is 11.6 Å². The third-order valence-corrected chi connectivity index (χ3v) is 5.43. The molecule has 3 aromatic carbocycles. The third-order valence-electron chi connectivity index (χ3n) is 5.18. The van der Waals surface area contributed by atoms with Crippen LogP contribution in [0.5, 0.6) is 0 Å². The molecule has 0 saturated carbocycles. The van der Waals surface area contributed by atoms with E-state index < -0.39 is 0 Å². The fourth-order valence-corrected chi connectivity index (χ4v) is 3.60. The van der Waals surface area contributed by atoms with Crippen LogP contribution in [0.25, 0.3) is 16.9 Å². The molecule has 0 aliphatic heterocycles. The molecule has 0 radical (unpaired) electrons. The Morgan fingerprint density at radius 1 is 0.939 bits per heavy atom. The smallest absolute Gasteiger partial charge is 0.255 e. The number of aryl methyl sites for hydroxylation is 1. The lowest BCUT2D eigenvalue weighted by atomic mass is 10.1. The number of hydrogen-bond donors (Lipinski definition) is 2. The summed E-state index contributed by atoms with van der Waals surface area (Å²) in [4.78, 5) is 25.5. The maximum Gasteiger partial charge on any atom is 0.255 e. The zero-order valence-electron chi connectivity index (χ0n) is 18.1. The minimum absolute atomic E-state index is 0.159. The van der Waals surface area contributed by atoms with Crippen molar-refractivity contribution in [2.24, 2.45) is 0 Å². The lowest BCUT2D eigenvalue weighted by molar-refractivity contribution is -0.115. The summed E-state index contributed by atoms with van der Waals surface area (Å²) < 4.78 is 1.65. The van der Waals surface area contributed by atoms with Crippen LogP contribution in [0, 0.1) is 0 Å². The number of nitrogens with zero attached hydrogens (tertiary/aromatic N) is 2. The molecule has 0 unspecified atom stereocenters. The van der Waals surface area contributed by atoms with Crippen molar-refractivity contribution in [3.8, 4) is 16.9 Å². The summed E-state index contributed by atoms with van der Waals surface area (Å²) in [6.45, 7) is 1.86. The molecule has 0 spiro atoms. The molecule has 6 nitrogen and oxygen atoms in total. The van der Waals surface area contributed by atoms with Gasteiger partial charge in [-0.05, 0) is 42.3 Å². The normalized spacial score (nSPS) is 10.6. The summed E-state index contributed by atoms with van der Waals surface area (Å²) in [7, 11) is 0. The van der Waals surface area contributed by atoms with Gasteiger partial charge < -0.3 is 10.6 Å². The molecule has 0 atom stereocenters. The highest BCUT2D eigenvalue weighted by Crippen LogP contribution is 2.25. The van der Waals surface area contributed by atoms with Crippen molar-refractivity contribution in [2.45, 2.75) is 13.3 Å². The van der Waals surface area contributed by atoms with Crippen molar-refractivity contribution in [1.82, 2.24) is 15.1 Å². The molecular formula is C26H23ClN4O2. The van der Waals surface area contributed by atoms with Crippen LogP contribution in [0.2, 0.25) is 5.02 Å². The Morgan fingerprint density at radius 3 is 2.36 bits per heavy atom. The highest BCUT2D eigenvalue weighted by molar-refractivity contribution is 6.30. The highest BCUT2D eigenvalue weighted by Gasteiger charge is 2.19. The lowest BCUT2D eigenvalue weighted by Crippen LogP contribution is -2.33. The number of halogens is 1. The Labute approximate surface area is 197 Å². The summed E-state index contributed by atoms with van der Waals surface area (Å²) in [6, 6.07) is 24.2. The van der Waals surface area contributed by atoms with Crippen LogP contribution in [-0.2, 0) is 11.2 Å². The molecule has 1 aromatic heterocycles. The first-order valence-corrected chi connectivity index (χ1v) is 11.0. The highest BCUT2D eigenvalue weighted by atomic mass is 35.5. The molecule has 0 saturated heterocycles. The maximum atomic E-state index is 13.1. The molecule has 166 valence electrons. The number of anilines is 1. The summed E-state index contributed by atoms with van der Waals surface area (Å²) in [6.07, 6.45) is 2.46. The van der Waals surface area contributed by atoms with Gasteiger partial charge in [-0.3, -0.25) is 9.59 Å². The molecule has 0 aliphatic rings. The first-order chi connectivity index (χ1) is 16.0. The summed E-state index contributed by atoms with van der Waals surface area (Å²) in [5.74, 6) is -0.686. The standard InChI is InChI=1S/C26H23ClN4O2/c1-2-18-8-6-7-11-23(18)29-24(32)16-28-26(33)22-17-31(21-9-4-3-5-10-21)30-25(22)19-12-14-20(27)15-13-19/h3-15,17H,2,16H2,1H3,(H,28,33)(H,29,32). The molecule has 0 fully saturated rings. The molecule has 7 heteroatoms. The largest absolute Gasteiger partial charge is 0.343 e. The maximum absolute atomic E-state index is 13.1. The number of carbonyl (C=O) groups excluding carboxylic acids is 2. The van der Waals surface area contributed by atoms with Crippen molar-refractivity contribution >= 4 is 29.1 Å². The van der Waals surface area contributed by atoms with Gasteiger partial charge in [0.05, 0.1) is 17.8 Å². The van der Waals surface area contributed by atoms with Gasteiger partial charge in [0.15, 0.2) is 0 Å². The Kier molecular flexibility index (Phi) is 6.86. The van der Waals surface area contributed by atoms with E-state index in [1.54, 1.807) is 23.0 Å². The van der Waals surface area contributed by atoms with Crippen molar-refractivity contribution in [1.29, 1.82) is 0 Å². The number of rotatable bonds is 7. The van der Waals surface area contributed by atoms with Crippen LogP contribution in [0.4, 0.5) is 5.69 Å². The van der Waals surface area contributed by atoms with Crippen LogP contribution in [0.15, 0.2) is 85.1 Å². The van der Waals surface area contributed by atoms with Crippen LogP contribution < -0.4 is 10.6 Å². The average Bonchev–Trinajstić information content (AvgIpc) is 3.29. The van der Waals surface area contributed by atoms with Gasteiger partial charge in [-0.25, -0.2) is 4.68 Å². The third kappa shape index (κ3) is 5.30. The zero-order valence-corrected chi connectivity index (χ0v) is 18.8. The first kappa shape index (κ1) is 22.3. The van der Waals surface area contributed by atoms with Crippen molar-refractivity contribution in [2.75, 3.05) is 11.9 Å². The predicted octanol–water partition coefficient (Wildman–Crippen LogP) is 5.12. The SMILES string of the molecule is CCc1ccccc1NC(=O)CNC(=O)c1cn(-c2ccccc2)nc1-c1ccc(Cl)cc1. The second-order valence-corrected chi connectivity index (χ2v) is 7.86. The average molecular weight is 459 g/mol. The first-order valence-electron chi connectivity index (χ1n) is 10.6. The summed E-state index contributed by atoms with van der Waals surface area (Å²) >= 11 is 6.03. The molecule has 2 amide bonds. The second-order valence-electron chi connectivity index (χ2n) is 7.42. The van der Waals surface area contributed by atoms with Crippen molar-refractivity contribution in [3.05, 3.63) is 101 Å². The van der Waals surface area contributed by atoms with E-state index in [2.05, 4.69) is 15.7 Å². The molecule has 4 aromatic rings. The Balaban J connectivity index is 1.55. The summed E-state index contributed by atoms with van der Waals surface area (Å²) in [5.41, 5.74) is 4.22. The number of nitrogens with one attached hydrogen (secondary N) is 2. The number of aromatic nitrogens is 2. The van der Waals surface area contributed by atoms with E-state index in [0.29, 0.717) is 16.3 Å². The van der Waals surface area contributed by atoms with Gasteiger partial charge in [-0.2, -0.15) is 5.10 Å². The summed E-state index contributed by atoms with van der Waals surface area (Å²) in [5, 5.41) is 10.8. The van der Waals surface area contributed by atoms with Crippen LogP contribution in [0.3, 0.4) is 0 Å². The van der Waals surface area contributed by atoms with E-state index in [0.717, 1.165) is 28.9 Å². The van der Waals surface area contributed by atoms with Gasteiger partial charge in [0.1, 0.15) is 5.69 Å². The van der Waals surface area contributed by atoms with E-state index in [4.69, 9.17) is 11.6 Å². The van der Waals surface area contributed by atoms with E-state index in [9.17, 15) is 9.59 Å². The number of carbonyl (C=O) groups is 2. The Bertz CT molecular complexity index is 1270. The molecule has 33 heavy (non-hydrogen) atoms. The molecular weight excluding hydrogens is 436 g/mol. The fraction of sp³-hybridized carbons (Fsp3) is 0.115. The Hall–Kier alpha value is -3.90. The van der Waals surface area contributed by atoms with Crippen molar-refractivity contribution in [3.63, 3.8) is 0 Å². The van der Waals surface area contributed by atoms with Gasteiger partial charge in [0.25, 0.3) is 5.91 Å². The van der Waals surface area contributed by atoms with E-state index in [-0.39, 0.29) is 18.4 Å². The quantitative estimate of drug-likeness (QED) is 0.403. The van der Waals surface area contributed by atoms with E-state index >= 15 is 0 Å². The number of amides is 2. The Morgan fingerprint density at radius 2 is 1.64 bits per heavy atom. The zero-order chi connectivity index (χ0) is 23.2. The van der Waals surface area contributed by atoms with Gasteiger partial charge in [0, 0.05) is 22.5 Å². The molecule has 0 aliphatic carbocycles. The minimum Gasteiger partial charge on any atom is -0.343 e. The molecule has 4 rings (SSSR count). The van der Waals surface area contributed by atoms with Crippen molar-refractivity contribution < 1.29 is 9.59 Å². The number of para-hydroxylation sites is 2. The van der Waals surface area contributed by atoms with Gasteiger partial charge in [-0.15, -0.1) is 0 Å². The van der Waals surface area contributed by atoms with Crippen LogP contribution in [0.1, 0.15) is 22.8 Å². The number of benzene rings is 3. The van der Waals surface area contributed by atoms with Gasteiger partial charge >= 0.3 is 0 Å². The molecule has 1 heterocycles. The van der Waals surface area contributed by atoms with E-state index in [1.807, 2.05) is 73.7 Å². The van der Waals surface area contributed by atoms with Gasteiger partial charge in [0.2, 0.25) is 5.91 Å². The predicted molar refractivity (Wildman–Crippen MR) is 131 cm³/mol. The minimum atomic E-state index is -0.388. The molecule has 0 bridgehead atoms. The monoisotopic (exact) mass is 458 g/mol. The topological polar surface area (TPSA) is 76.0 Å². The van der Waals surface area contributed by atoms with Gasteiger partial charge in [-0.1, -0.05) is 67.1 Å².